The minimum Gasteiger partial charge on any atom is -0.394 e. The summed E-state index contributed by atoms with van der Waals surface area (Å²) in [6.07, 6.45) is -1.38. The van der Waals surface area contributed by atoms with Gasteiger partial charge in [-0.05, 0) is 69.8 Å². The Morgan fingerprint density at radius 2 is 1.57 bits per heavy atom. The van der Waals surface area contributed by atoms with Gasteiger partial charge in [0, 0.05) is 61.9 Å². The van der Waals surface area contributed by atoms with E-state index < -0.39 is 17.3 Å². The molecule has 0 aliphatic carbocycles. The summed E-state index contributed by atoms with van der Waals surface area (Å²) in [6, 6.07) is 15.3. The zero-order chi connectivity index (χ0) is 33.3. The number of nitriles is 1. The minimum atomic E-state index is -4.49. The van der Waals surface area contributed by atoms with Gasteiger partial charge in [-0.3, -0.25) is 0 Å². The number of anilines is 5. The molecule has 9 nitrogen and oxygen atoms in total. The van der Waals surface area contributed by atoms with Crippen LogP contribution in [-0.2, 0) is 12.6 Å². The van der Waals surface area contributed by atoms with Crippen LogP contribution in [0.25, 0.3) is 0 Å². The lowest BCUT2D eigenvalue weighted by atomic mass is 10.1. The Labute approximate surface area is 267 Å². The van der Waals surface area contributed by atoms with Gasteiger partial charge in [-0.15, -0.1) is 11.6 Å². The SMILES string of the molecule is CC(C)O.CC(O)Cl.CCl.CN1CCN(c2ccc(Nc3nccc(Nc4cccc(CC#N)c4)n3)cc2C(F)(F)F)CC1. The van der Waals surface area contributed by atoms with Crippen LogP contribution in [0, 0.1) is 11.3 Å². The number of aliphatic hydroxyl groups excluding tert-OH is 2. The van der Waals surface area contributed by atoms with E-state index in [9.17, 15) is 13.2 Å². The van der Waals surface area contributed by atoms with Crippen LogP contribution in [0.2, 0.25) is 0 Å². The van der Waals surface area contributed by atoms with Crippen LogP contribution in [0.1, 0.15) is 31.9 Å². The maximum atomic E-state index is 13.9. The molecule has 1 aromatic heterocycles. The lowest BCUT2D eigenvalue weighted by Gasteiger charge is -2.35. The summed E-state index contributed by atoms with van der Waals surface area (Å²) < 4.78 is 41.6. The molecule has 0 bridgehead atoms. The second-order valence-electron chi connectivity index (χ2n) is 9.74. The van der Waals surface area contributed by atoms with E-state index in [-0.39, 0.29) is 29.8 Å². The Balaban J connectivity index is 0.000000852. The number of piperazine rings is 1. The summed E-state index contributed by atoms with van der Waals surface area (Å²) in [6.45, 7) is 7.44. The van der Waals surface area contributed by atoms with E-state index in [4.69, 9.17) is 27.1 Å². The van der Waals surface area contributed by atoms with Crippen LogP contribution in [0.15, 0.2) is 54.7 Å². The van der Waals surface area contributed by atoms with Gasteiger partial charge >= 0.3 is 6.18 Å². The van der Waals surface area contributed by atoms with Crippen LogP contribution in [0.3, 0.4) is 0 Å². The van der Waals surface area contributed by atoms with Crippen molar-refractivity contribution in [3.63, 3.8) is 0 Å². The molecule has 1 fully saturated rings. The molecule has 242 valence electrons. The van der Waals surface area contributed by atoms with Crippen molar-refractivity contribution in [3.05, 3.63) is 65.9 Å². The number of nitrogens with zero attached hydrogens (tertiary/aromatic N) is 5. The van der Waals surface area contributed by atoms with E-state index in [2.05, 4.69) is 43.2 Å². The van der Waals surface area contributed by atoms with Gasteiger partial charge in [0.05, 0.1) is 18.1 Å². The van der Waals surface area contributed by atoms with E-state index >= 15 is 0 Å². The number of benzene rings is 2. The molecule has 0 saturated carbocycles. The van der Waals surface area contributed by atoms with Gasteiger partial charge in [-0.25, -0.2) is 4.98 Å². The first-order valence-corrected chi connectivity index (χ1v) is 14.8. The maximum absolute atomic E-state index is 13.9. The van der Waals surface area contributed by atoms with Crippen molar-refractivity contribution in [1.29, 1.82) is 5.26 Å². The van der Waals surface area contributed by atoms with Crippen LogP contribution in [0.5, 0.6) is 0 Å². The molecule has 0 spiro atoms. The lowest BCUT2D eigenvalue weighted by Crippen LogP contribution is -2.45. The second-order valence-corrected chi connectivity index (χ2v) is 10.4. The Kier molecular flexibility index (Phi) is 17.4. The number of halogens is 5. The first-order chi connectivity index (χ1) is 20.8. The zero-order valence-electron chi connectivity index (χ0n) is 25.4. The van der Waals surface area contributed by atoms with Crippen LogP contribution in [0.4, 0.5) is 42.0 Å². The molecular weight excluding hydrogens is 618 g/mol. The fraction of sp³-hybridized carbons (Fsp3) is 0.433. The van der Waals surface area contributed by atoms with Gasteiger partial charge in [-0.2, -0.15) is 23.4 Å². The Bertz CT molecular complexity index is 1290. The third kappa shape index (κ3) is 14.9. The van der Waals surface area contributed by atoms with E-state index in [1.54, 1.807) is 30.9 Å². The number of alkyl halides is 5. The molecule has 0 amide bonds. The van der Waals surface area contributed by atoms with Crippen molar-refractivity contribution < 1.29 is 23.4 Å². The van der Waals surface area contributed by atoms with Gasteiger partial charge in [0.25, 0.3) is 0 Å². The molecule has 0 radical (unpaired) electrons. The van der Waals surface area contributed by atoms with Crippen molar-refractivity contribution in [2.45, 2.75) is 45.0 Å². The van der Waals surface area contributed by atoms with Crippen molar-refractivity contribution in [2.24, 2.45) is 0 Å². The maximum Gasteiger partial charge on any atom is 0.418 e. The molecule has 1 atom stereocenters. The largest absolute Gasteiger partial charge is 0.418 e. The van der Waals surface area contributed by atoms with E-state index in [1.165, 1.54) is 25.6 Å². The molecule has 1 aliphatic heterocycles. The second kappa shape index (κ2) is 19.8. The lowest BCUT2D eigenvalue weighted by molar-refractivity contribution is -0.137. The number of aliphatic hydroxyl groups is 2. The van der Waals surface area contributed by atoms with E-state index in [0.717, 1.165) is 17.3 Å². The van der Waals surface area contributed by atoms with Gasteiger partial charge in [0.1, 0.15) is 11.4 Å². The summed E-state index contributed by atoms with van der Waals surface area (Å²) in [5.74, 6) is 0.635. The minimum absolute atomic E-state index is 0.165. The summed E-state index contributed by atoms with van der Waals surface area (Å²) in [5, 5.41) is 30.8. The molecule has 1 aliphatic rings. The normalized spacial score (nSPS) is 13.6. The molecule has 3 aromatic rings. The Hall–Kier alpha value is -3.34. The Morgan fingerprint density at radius 1 is 0.977 bits per heavy atom. The van der Waals surface area contributed by atoms with Crippen molar-refractivity contribution in [2.75, 3.05) is 55.1 Å². The van der Waals surface area contributed by atoms with Gasteiger partial charge in [0.2, 0.25) is 5.95 Å². The van der Waals surface area contributed by atoms with Crippen LogP contribution >= 0.6 is 23.2 Å². The fourth-order valence-corrected chi connectivity index (χ4v) is 3.78. The highest BCUT2D eigenvalue weighted by Crippen LogP contribution is 2.39. The molecule has 1 saturated heterocycles. The average molecular weight is 659 g/mol. The third-order valence-electron chi connectivity index (χ3n) is 5.54. The molecule has 4 rings (SSSR count). The quantitative estimate of drug-likeness (QED) is 0.217. The highest BCUT2D eigenvalue weighted by atomic mass is 35.5. The number of hydrogen-bond acceptors (Lipinski definition) is 9. The molecule has 2 aromatic carbocycles. The molecule has 4 N–H and O–H groups in total. The first-order valence-electron chi connectivity index (χ1n) is 13.6. The van der Waals surface area contributed by atoms with Gasteiger partial charge < -0.3 is 30.6 Å². The van der Waals surface area contributed by atoms with Crippen molar-refractivity contribution in [1.82, 2.24) is 14.9 Å². The molecule has 2 heterocycles. The zero-order valence-corrected chi connectivity index (χ0v) is 26.9. The van der Waals surface area contributed by atoms with E-state index in [1.807, 2.05) is 31.3 Å². The summed E-state index contributed by atoms with van der Waals surface area (Å²) in [4.78, 5) is 12.4. The summed E-state index contributed by atoms with van der Waals surface area (Å²) >= 11 is 9.47. The fourth-order valence-electron chi connectivity index (χ4n) is 3.78. The van der Waals surface area contributed by atoms with Crippen molar-refractivity contribution in [3.8, 4) is 6.07 Å². The topological polar surface area (TPSA) is 121 Å². The highest BCUT2D eigenvalue weighted by Gasteiger charge is 2.35. The summed E-state index contributed by atoms with van der Waals surface area (Å²) in [7, 11) is 1.96. The van der Waals surface area contributed by atoms with Gasteiger partial charge in [0.15, 0.2) is 0 Å². The number of rotatable bonds is 6. The predicted octanol–water partition coefficient (Wildman–Crippen LogP) is 6.61. The number of likely N-dealkylation sites (N-methyl/N-ethyl adjacent to an activating group) is 1. The molecule has 44 heavy (non-hydrogen) atoms. The molecular formula is C30H40Cl2F3N7O2. The number of aromatic nitrogens is 2. The van der Waals surface area contributed by atoms with E-state index in [0.29, 0.717) is 32.0 Å². The van der Waals surface area contributed by atoms with Gasteiger partial charge in [-0.1, -0.05) is 23.7 Å². The monoisotopic (exact) mass is 657 g/mol. The van der Waals surface area contributed by atoms with Crippen molar-refractivity contribution >= 4 is 52.0 Å². The molecule has 14 heteroatoms. The third-order valence-corrected chi connectivity index (χ3v) is 5.54. The number of hydrogen-bond donors (Lipinski definition) is 4. The first kappa shape index (κ1) is 38.7. The number of nitrogens with one attached hydrogen (secondary N) is 2. The predicted molar refractivity (Wildman–Crippen MR) is 172 cm³/mol. The average Bonchev–Trinajstić information content (AvgIpc) is 2.94. The van der Waals surface area contributed by atoms with Crippen LogP contribution in [-0.4, -0.2) is 76.4 Å². The molecule has 1 unspecified atom stereocenters. The van der Waals surface area contributed by atoms with Crippen LogP contribution < -0.4 is 15.5 Å². The smallest absolute Gasteiger partial charge is 0.394 e. The standard InChI is InChI=1S/C24H24F3N7.C3H8O.C2H5ClO.CH3Cl/c1-33-11-13-34(14-12-33)21-6-5-19(16-20(21)24(25,26)27)31-23-29-10-8-22(32-23)30-18-4-2-3-17(15-18)7-9-28;1-3(2)4;1-2(3)4;1-2/h2-6,8,10,15-16H,7,11-14H2,1H3,(H2,29,30,31,32);3-4H,1-2H3;2,4H,1H3;1H3. The Morgan fingerprint density at radius 3 is 2.14 bits per heavy atom. The summed E-state index contributed by atoms with van der Waals surface area (Å²) in [5.41, 5.74) is 0.650. The highest BCUT2D eigenvalue weighted by molar-refractivity contribution is 6.19.